The Morgan fingerprint density at radius 3 is 2.80 bits per heavy atom. The summed E-state index contributed by atoms with van der Waals surface area (Å²) in [4.78, 5) is 26.2. The van der Waals surface area contributed by atoms with Gasteiger partial charge in [-0.2, -0.15) is 0 Å². The number of hydrogen-bond acceptors (Lipinski definition) is 3. The summed E-state index contributed by atoms with van der Waals surface area (Å²) in [5.74, 6) is -0.698. The van der Waals surface area contributed by atoms with Crippen molar-refractivity contribution >= 4 is 29.2 Å². The van der Waals surface area contributed by atoms with Crippen LogP contribution in [-0.2, 0) is 16.0 Å². The number of nitrogens with one attached hydrogen (secondary N) is 2. The van der Waals surface area contributed by atoms with Crippen LogP contribution in [0.3, 0.4) is 0 Å². The summed E-state index contributed by atoms with van der Waals surface area (Å²) in [6.45, 7) is 0. The summed E-state index contributed by atoms with van der Waals surface area (Å²) in [5, 5.41) is 3.04. The average molecular weight is 293 g/mol. The van der Waals surface area contributed by atoms with E-state index in [0.717, 1.165) is 5.56 Å². The second kappa shape index (κ2) is 6.25. The minimum atomic E-state index is -0.484. The van der Waals surface area contributed by atoms with Gasteiger partial charge in [-0.15, -0.1) is 0 Å². The van der Waals surface area contributed by atoms with Crippen molar-refractivity contribution in [2.24, 2.45) is 0 Å². The lowest BCUT2D eigenvalue weighted by Gasteiger charge is -2.08. The smallest absolute Gasteiger partial charge is 0.337 e. The van der Waals surface area contributed by atoms with Crippen molar-refractivity contribution in [3.8, 4) is 0 Å². The molecular formula is C14H13ClN2O3. The van der Waals surface area contributed by atoms with Crippen molar-refractivity contribution in [1.29, 1.82) is 0 Å². The molecule has 0 atom stereocenters. The number of methoxy groups -OCH3 is 1. The van der Waals surface area contributed by atoms with E-state index in [0.29, 0.717) is 16.3 Å². The summed E-state index contributed by atoms with van der Waals surface area (Å²) in [6, 6.07) is 6.38. The predicted octanol–water partition coefficient (Wildman–Crippen LogP) is 2.64. The Bertz CT molecular complexity index is 623. The topological polar surface area (TPSA) is 71.2 Å². The molecule has 104 valence electrons. The van der Waals surface area contributed by atoms with Gasteiger partial charge in [-0.1, -0.05) is 11.6 Å². The number of amides is 1. The van der Waals surface area contributed by atoms with E-state index >= 15 is 0 Å². The Labute approximate surface area is 120 Å². The van der Waals surface area contributed by atoms with Gasteiger partial charge in [0, 0.05) is 12.4 Å². The van der Waals surface area contributed by atoms with E-state index < -0.39 is 5.97 Å². The van der Waals surface area contributed by atoms with E-state index in [1.54, 1.807) is 18.5 Å². The fourth-order valence-corrected chi connectivity index (χ4v) is 1.88. The number of H-pyrrole nitrogens is 1. The Kier molecular flexibility index (Phi) is 4.42. The van der Waals surface area contributed by atoms with Crippen molar-refractivity contribution in [3.63, 3.8) is 0 Å². The molecule has 0 aliphatic carbocycles. The van der Waals surface area contributed by atoms with Gasteiger partial charge in [0.05, 0.1) is 29.8 Å². The van der Waals surface area contributed by atoms with Crippen molar-refractivity contribution in [1.82, 2.24) is 4.98 Å². The lowest BCUT2D eigenvalue weighted by molar-refractivity contribution is -0.115. The number of carbonyl (C=O) groups excluding carboxylic acids is 2. The van der Waals surface area contributed by atoms with Crippen molar-refractivity contribution in [2.45, 2.75) is 6.42 Å². The molecular weight excluding hydrogens is 280 g/mol. The Morgan fingerprint density at radius 1 is 1.35 bits per heavy atom. The van der Waals surface area contributed by atoms with Crippen LogP contribution in [0.1, 0.15) is 15.9 Å². The van der Waals surface area contributed by atoms with E-state index in [2.05, 4.69) is 15.0 Å². The highest BCUT2D eigenvalue weighted by atomic mass is 35.5. The monoisotopic (exact) mass is 292 g/mol. The van der Waals surface area contributed by atoms with Gasteiger partial charge in [-0.05, 0) is 29.8 Å². The number of aromatic nitrogens is 1. The SMILES string of the molecule is COC(=O)c1ccc(Cl)c(NC(=O)Cc2cc[nH]c2)c1. The van der Waals surface area contributed by atoms with Crippen LogP contribution < -0.4 is 5.32 Å². The molecule has 1 amide bonds. The van der Waals surface area contributed by atoms with E-state index in [1.165, 1.54) is 19.2 Å². The van der Waals surface area contributed by atoms with Gasteiger partial charge in [-0.25, -0.2) is 4.79 Å². The normalized spacial score (nSPS) is 10.1. The molecule has 6 heteroatoms. The third kappa shape index (κ3) is 3.39. The molecule has 1 aromatic heterocycles. The van der Waals surface area contributed by atoms with E-state index in [4.69, 9.17) is 11.6 Å². The lowest BCUT2D eigenvalue weighted by atomic mass is 10.2. The van der Waals surface area contributed by atoms with Gasteiger partial charge in [0.15, 0.2) is 0 Å². The fraction of sp³-hybridized carbons (Fsp3) is 0.143. The third-order valence-corrected chi connectivity index (χ3v) is 3.02. The van der Waals surface area contributed by atoms with Crippen LogP contribution in [0.4, 0.5) is 5.69 Å². The minimum absolute atomic E-state index is 0.214. The molecule has 0 bridgehead atoms. The second-order valence-corrected chi connectivity index (χ2v) is 4.54. The summed E-state index contributed by atoms with van der Waals surface area (Å²) in [7, 11) is 1.29. The molecule has 0 saturated carbocycles. The molecule has 0 spiro atoms. The molecule has 5 nitrogen and oxygen atoms in total. The second-order valence-electron chi connectivity index (χ2n) is 4.13. The van der Waals surface area contributed by atoms with Crippen molar-refractivity contribution < 1.29 is 14.3 Å². The van der Waals surface area contributed by atoms with Crippen LogP contribution in [0, 0.1) is 0 Å². The highest BCUT2D eigenvalue weighted by molar-refractivity contribution is 6.33. The number of hydrogen-bond donors (Lipinski definition) is 2. The highest BCUT2D eigenvalue weighted by Crippen LogP contribution is 2.23. The number of benzene rings is 1. The number of esters is 1. The molecule has 2 N–H and O–H groups in total. The van der Waals surface area contributed by atoms with Crippen LogP contribution in [0.2, 0.25) is 5.02 Å². The van der Waals surface area contributed by atoms with Gasteiger partial charge in [0.25, 0.3) is 0 Å². The van der Waals surface area contributed by atoms with Crippen molar-refractivity contribution in [3.05, 3.63) is 52.8 Å². The lowest BCUT2D eigenvalue weighted by Crippen LogP contribution is -2.15. The number of aromatic amines is 1. The van der Waals surface area contributed by atoms with E-state index in [9.17, 15) is 9.59 Å². The van der Waals surface area contributed by atoms with E-state index in [-0.39, 0.29) is 12.3 Å². The number of halogens is 1. The van der Waals surface area contributed by atoms with Crippen molar-refractivity contribution in [2.75, 3.05) is 12.4 Å². The van der Waals surface area contributed by atoms with Gasteiger partial charge in [-0.3, -0.25) is 4.79 Å². The quantitative estimate of drug-likeness (QED) is 0.851. The first-order valence-corrected chi connectivity index (χ1v) is 6.27. The van der Waals surface area contributed by atoms with Gasteiger partial charge in [0.1, 0.15) is 0 Å². The number of ether oxygens (including phenoxy) is 1. The number of anilines is 1. The molecule has 1 heterocycles. The first-order chi connectivity index (χ1) is 9.60. The molecule has 0 aliphatic rings. The molecule has 20 heavy (non-hydrogen) atoms. The fourth-order valence-electron chi connectivity index (χ4n) is 1.71. The van der Waals surface area contributed by atoms with Crippen LogP contribution >= 0.6 is 11.6 Å². The maximum Gasteiger partial charge on any atom is 0.337 e. The standard InChI is InChI=1S/C14H13ClN2O3/c1-20-14(19)10-2-3-11(15)12(7-10)17-13(18)6-9-4-5-16-8-9/h2-5,7-8,16H,6H2,1H3,(H,17,18). The van der Waals surface area contributed by atoms with Gasteiger partial charge >= 0.3 is 5.97 Å². The maximum absolute atomic E-state index is 11.9. The van der Waals surface area contributed by atoms with Crippen LogP contribution in [0.25, 0.3) is 0 Å². The van der Waals surface area contributed by atoms with E-state index in [1.807, 2.05) is 6.07 Å². The molecule has 0 unspecified atom stereocenters. The first-order valence-electron chi connectivity index (χ1n) is 5.89. The Morgan fingerprint density at radius 2 is 2.15 bits per heavy atom. The van der Waals surface area contributed by atoms with Crippen LogP contribution in [-0.4, -0.2) is 24.0 Å². The number of rotatable bonds is 4. The molecule has 2 aromatic rings. The molecule has 0 saturated heterocycles. The highest BCUT2D eigenvalue weighted by Gasteiger charge is 2.11. The predicted molar refractivity (Wildman–Crippen MR) is 75.9 cm³/mol. The van der Waals surface area contributed by atoms with Gasteiger partial charge < -0.3 is 15.0 Å². The summed E-state index contributed by atoms with van der Waals surface area (Å²) < 4.78 is 4.62. The average Bonchev–Trinajstić information content (AvgIpc) is 2.93. The maximum atomic E-state index is 11.9. The van der Waals surface area contributed by atoms with Gasteiger partial charge in [0.2, 0.25) is 5.91 Å². The zero-order valence-corrected chi connectivity index (χ0v) is 11.5. The zero-order valence-electron chi connectivity index (χ0n) is 10.8. The molecule has 0 fully saturated rings. The van der Waals surface area contributed by atoms with Crippen LogP contribution in [0.15, 0.2) is 36.7 Å². The Hall–Kier alpha value is -2.27. The minimum Gasteiger partial charge on any atom is -0.465 e. The summed E-state index contributed by atoms with van der Waals surface area (Å²) >= 11 is 6.00. The zero-order chi connectivity index (χ0) is 14.5. The molecule has 2 rings (SSSR count). The summed E-state index contributed by atoms with van der Waals surface area (Å²) in [6.07, 6.45) is 3.71. The molecule has 1 aromatic carbocycles. The Balaban J connectivity index is 2.12. The summed E-state index contributed by atoms with van der Waals surface area (Å²) in [5.41, 5.74) is 1.58. The largest absolute Gasteiger partial charge is 0.465 e. The number of carbonyl (C=O) groups is 2. The molecule has 0 aliphatic heterocycles. The first kappa shape index (κ1) is 14.1. The third-order valence-electron chi connectivity index (χ3n) is 2.69. The van der Waals surface area contributed by atoms with Crippen LogP contribution in [0.5, 0.6) is 0 Å². The molecule has 0 radical (unpaired) electrons.